The van der Waals surface area contributed by atoms with Gasteiger partial charge in [-0.15, -0.1) is 0 Å². The number of nitrogens with zero attached hydrogens (tertiary/aromatic N) is 1. The van der Waals surface area contributed by atoms with Crippen molar-refractivity contribution in [1.82, 2.24) is 10.2 Å². The van der Waals surface area contributed by atoms with Gasteiger partial charge >= 0.3 is 0 Å². The molecule has 2 N–H and O–H groups in total. The number of benzene rings is 2. The Labute approximate surface area is 136 Å². The number of phenolic OH excluding ortho intramolecular Hbond substituents is 1. The van der Waals surface area contributed by atoms with Crippen LogP contribution in [0.5, 0.6) is 11.5 Å². The summed E-state index contributed by atoms with van der Waals surface area (Å²) in [6.07, 6.45) is 0. The molecule has 2 rings (SSSR count). The van der Waals surface area contributed by atoms with E-state index in [4.69, 9.17) is 4.74 Å². The molecule has 0 aromatic heterocycles. The number of likely N-dealkylation sites (N-methyl/N-ethyl adjacent to an activating group) is 1. The summed E-state index contributed by atoms with van der Waals surface area (Å²) in [6, 6.07) is 14.2. The fourth-order valence-corrected chi connectivity index (χ4v) is 2.46. The molecule has 0 spiro atoms. The summed E-state index contributed by atoms with van der Waals surface area (Å²) in [6.45, 7) is 0.403. The number of aromatic hydroxyl groups is 1. The standard InChI is InChI=1S/C18H22N2O3/c1-20(2)15(13-8-5-7-11-17(13)23-3)12-19-18(22)14-9-4-6-10-16(14)21/h4-11,15,21H,12H2,1-3H3,(H,19,22). The first kappa shape index (κ1) is 16.8. The van der Waals surface area contributed by atoms with E-state index in [0.29, 0.717) is 6.54 Å². The van der Waals surface area contributed by atoms with Gasteiger partial charge in [0.1, 0.15) is 11.5 Å². The largest absolute Gasteiger partial charge is 0.507 e. The summed E-state index contributed by atoms with van der Waals surface area (Å²) < 4.78 is 5.41. The van der Waals surface area contributed by atoms with Crippen LogP contribution < -0.4 is 10.1 Å². The summed E-state index contributed by atoms with van der Waals surface area (Å²) >= 11 is 0. The first-order valence-electron chi connectivity index (χ1n) is 7.40. The Bertz CT molecular complexity index is 671. The summed E-state index contributed by atoms with van der Waals surface area (Å²) in [7, 11) is 5.53. The third kappa shape index (κ3) is 4.02. The van der Waals surface area contributed by atoms with E-state index in [1.54, 1.807) is 25.3 Å². The smallest absolute Gasteiger partial charge is 0.255 e. The van der Waals surface area contributed by atoms with Crippen LogP contribution in [0.25, 0.3) is 0 Å². The molecule has 0 aliphatic heterocycles. The number of carbonyl (C=O) groups excluding carboxylic acids is 1. The van der Waals surface area contributed by atoms with Crippen LogP contribution in [0.3, 0.4) is 0 Å². The third-order valence-electron chi connectivity index (χ3n) is 3.73. The van der Waals surface area contributed by atoms with Crippen LogP contribution >= 0.6 is 0 Å². The van der Waals surface area contributed by atoms with Crippen molar-refractivity contribution in [3.05, 3.63) is 59.7 Å². The second-order valence-corrected chi connectivity index (χ2v) is 5.45. The van der Waals surface area contributed by atoms with Crippen LogP contribution in [0, 0.1) is 0 Å². The molecule has 0 heterocycles. The van der Waals surface area contributed by atoms with E-state index in [2.05, 4.69) is 5.32 Å². The molecule has 5 nitrogen and oxygen atoms in total. The van der Waals surface area contributed by atoms with Gasteiger partial charge in [0.25, 0.3) is 5.91 Å². The maximum atomic E-state index is 12.3. The quantitative estimate of drug-likeness (QED) is 0.860. The lowest BCUT2D eigenvalue weighted by molar-refractivity contribution is 0.0939. The van der Waals surface area contributed by atoms with E-state index in [0.717, 1.165) is 11.3 Å². The Morgan fingerprint density at radius 3 is 2.48 bits per heavy atom. The number of hydrogen-bond acceptors (Lipinski definition) is 4. The number of methoxy groups -OCH3 is 1. The fourth-order valence-electron chi connectivity index (χ4n) is 2.46. The first-order chi connectivity index (χ1) is 11.0. The molecule has 1 atom stereocenters. The molecule has 0 bridgehead atoms. The van der Waals surface area contributed by atoms with Crippen LogP contribution in [0.15, 0.2) is 48.5 Å². The second kappa shape index (κ2) is 7.65. The summed E-state index contributed by atoms with van der Waals surface area (Å²) in [5, 5.41) is 12.6. The van der Waals surface area contributed by atoms with Crippen LogP contribution in [-0.2, 0) is 0 Å². The molecule has 2 aromatic rings. The lowest BCUT2D eigenvalue weighted by Gasteiger charge is -2.26. The number of amides is 1. The van der Waals surface area contributed by atoms with Gasteiger partial charge in [0.15, 0.2) is 0 Å². The maximum Gasteiger partial charge on any atom is 0.255 e. The minimum absolute atomic E-state index is 0.0244. The van der Waals surface area contributed by atoms with Crippen molar-refractivity contribution in [3.8, 4) is 11.5 Å². The van der Waals surface area contributed by atoms with E-state index in [9.17, 15) is 9.90 Å². The van der Waals surface area contributed by atoms with Crippen molar-refractivity contribution < 1.29 is 14.6 Å². The van der Waals surface area contributed by atoms with E-state index >= 15 is 0 Å². The molecule has 0 aliphatic carbocycles. The van der Waals surface area contributed by atoms with Crippen molar-refractivity contribution in [1.29, 1.82) is 0 Å². The van der Waals surface area contributed by atoms with Gasteiger partial charge in [-0.1, -0.05) is 30.3 Å². The Morgan fingerprint density at radius 2 is 1.83 bits per heavy atom. The predicted molar refractivity (Wildman–Crippen MR) is 89.9 cm³/mol. The molecule has 0 radical (unpaired) electrons. The molecule has 122 valence electrons. The van der Waals surface area contributed by atoms with Gasteiger partial charge < -0.3 is 20.1 Å². The molecule has 23 heavy (non-hydrogen) atoms. The monoisotopic (exact) mass is 314 g/mol. The zero-order chi connectivity index (χ0) is 16.8. The van der Waals surface area contributed by atoms with Crippen molar-refractivity contribution in [3.63, 3.8) is 0 Å². The third-order valence-corrected chi connectivity index (χ3v) is 3.73. The van der Waals surface area contributed by atoms with E-state index in [1.165, 1.54) is 6.07 Å². The summed E-state index contributed by atoms with van der Waals surface area (Å²) in [4.78, 5) is 14.3. The van der Waals surface area contributed by atoms with Gasteiger partial charge in [-0.3, -0.25) is 4.79 Å². The van der Waals surface area contributed by atoms with Gasteiger partial charge in [-0.2, -0.15) is 0 Å². The van der Waals surface area contributed by atoms with E-state index in [1.807, 2.05) is 43.3 Å². The van der Waals surface area contributed by atoms with Gasteiger partial charge in [-0.25, -0.2) is 0 Å². The summed E-state index contributed by atoms with van der Waals surface area (Å²) in [5.74, 6) is 0.455. The number of nitrogens with one attached hydrogen (secondary N) is 1. The van der Waals surface area contributed by atoms with E-state index in [-0.39, 0.29) is 23.3 Å². The highest BCUT2D eigenvalue weighted by Crippen LogP contribution is 2.27. The minimum Gasteiger partial charge on any atom is -0.507 e. The number of ether oxygens (including phenoxy) is 1. The molecule has 5 heteroatoms. The molecular formula is C18H22N2O3. The number of carbonyl (C=O) groups is 1. The van der Waals surface area contributed by atoms with Gasteiger partial charge in [0.05, 0.1) is 18.7 Å². The Kier molecular flexibility index (Phi) is 5.60. The number of hydrogen-bond donors (Lipinski definition) is 2. The molecule has 1 amide bonds. The van der Waals surface area contributed by atoms with Crippen LogP contribution in [0.2, 0.25) is 0 Å². The van der Waals surface area contributed by atoms with Crippen LogP contribution in [0.1, 0.15) is 22.0 Å². The zero-order valence-corrected chi connectivity index (χ0v) is 13.6. The highest BCUT2D eigenvalue weighted by Gasteiger charge is 2.20. The minimum atomic E-state index is -0.301. The Hall–Kier alpha value is -2.53. The van der Waals surface area contributed by atoms with Crippen molar-refractivity contribution >= 4 is 5.91 Å². The number of phenols is 1. The zero-order valence-electron chi connectivity index (χ0n) is 13.6. The fraction of sp³-hybridized carbons (Fsp3) is 0.278. The first-order valence-corrected chi connectivity index (χ1v) is 7.40. The second-order valence-electron chi connectivity index (χ2n) is 5.45. The van der Waals surface area contributed by atoms with Gasteiger partial charge in [0.2, 0.25) is 0 Å². The molecule has 1 unspecified atom stereocenters. The van der Waals surface area contributed by atoms with Crippen LogP contribution in [0.4, 0.5) is 0 Å². The van der Waals surface area contributed by atoms with Crippen molar-refractivity contribution in [2.24, 2.45) is 0 Å². The predicted octanol–water partition coefficient (Wildman–Crippen LogP) is 2.43. The number of rotatable bonds is 6. The lowest BCUT2D eigenvalue weighted by atomic mass is 10.0. The Balaban J connectivity index is 2.15. The van der Waals surface area contributed by atoms with Gasteiger partial charge in [0, 0.05) is 12.1 Å². The average Bonchev–Trinajstić information content (AvgIpc) is 2.55. The average molecular weight is 314 g/mol. The normalized spacial score (nSPS) is 12.0. The molecule has 2 aromatic carbocycles. The van der Waals surface area contributed by atoms with Crippen molar-refractivity contribution in [2.75, 3.05) is 27.7 Å². The molecule has 0 aliphatic rings. The van der Waals surface area contributed by atoms with E-state index < -0.39 is 0 Å². The lowest BCUT2D eigenvalue weighted by Crippen LogP contribution is -2.34. The topological polar surface area (TPSA) is 61.8 Å². The molecular weight excluding hydrogens is 292 g/mol. The highest BCUT2D eigenvalue weighted by molar-refractivity contribution is 5.96. The highest BCUT2D eigenvalue weighted by atomic mass is 16.5. The molecule has 0 fully saturated rings. The number of para-hydroxylation sites is 2. The van der Waals surface area contributed by atoms with Crippen LogP contribution in [-0.4, -0.2) is 43.7 Å². The summed E-state index contributed by atoms with van der Waals surface area (Å²) in [5.41, 5.74) is 1.27. The van der Waals surface area contributed by atoms with Crippen molar-refractivity contribution in [2.45, 2.75) is 6.04 Å². The molecule has 0 saturated heterocycles. The SMILES string of the molecule is COc1ccccc1C(CNC(=O)c1ccccc1O)N(C)C. The maximum absolute atomic E-state index is 12.3. The van der Waals surface area contributed by atoms with Gasteiger partial charge in [-0.05, 0) is 32.3 Å². The Morgan fingerprint density at radius 1 is 1.17 bits per heavy atom. The molecule has 0 saturated carbocycles.